The normalized spacial score (nSPS) is 8.87. The van der Waals surface area contributed by atoms with Gasteiger partial charge < -0.3 is 4.90 Å². The van der Waals surface area contributed by atoms with Gasteiger partial charge in [-0.15, -0.1) is 0 Å². The molecule has 2 heterocycles. The quantitative estimate of drug-likeness (QED) is 0.151. The van der Waals surface area contributed by atoms with E-state index in [0.717, 1.165) is 5.69 Å². The molecule has 2 aromatic heterocycles. The van der Waals surface area contributed by atoms with Crippen LogP contribution in [0.1, 0.15) is 243 Å². The van der Waals surface area contributed by atoms with Crippen LogP contribution >= 0.6 is 0 Å². The number of hydrogen-bond acceptors (Lipinski definition) is 3. The molecule has 0 saturated heterocycles. The van der Waals surface area contributed by atoms with Gasteiger partial charge in [-0.25, -0.2) is 0 Å². The van der Waals surface area contributed by atoms with Crippen molar-refractivity contribution in [2.75, 3.05) is 20.6 Å². The molecular formula is C50H105N3. The van der Waals surface area contributed by atoms with Crippen LogP contribution in [0.15, 0.2) is 48.9 Å². The van der Waals surface area contributed by atoms with Crippen molar-refractivity contribution in [1.29, 1.82) is 0 Å². The van der Waals surface area contributed by atoms with Crippen molar-refractivity contribution in [3.63, 3.8) is 0 Å². The molecule has 0 N–H and O–H groups in total. The molecule has 53 heavy (non-hydrogen) atoms. The molecule has 0 atom stereocenters. The Bertz CT molecular complexity index is 662. The summed E-state index contributed by atoms with van der Waals surface area (Å²) in [6.07, 6.45) is 35.6. The number of hydrogen-bond donors (Lipinski definition) is 0. The Hall–Kier alpha value is -1.74. The molecule has 0 saturated carbocycles. The average molecular weight is 748 g/mol. The summed E-state index contributed by atoms with van der Waals surface area (Å²) in [7, 11) is 4.17. The van der Waals surface area contributed by atoms with Crippen molar-refractivity contribution < 1.29 is 0 Å². The third-order valence-corrected chi connectivity index (χ3v) is 7.12. The van der Waals surface area contributed by atoms with E-state index in [-0.39, 0.29) is 0 Å². The molecule has 0 aromatic carbocycles. The van der Waals surface area contributed by atoms with E-state index in [1.54, 1.807) is 12.4 Å². The minimum absolute atomic E-state index is 1.07. The predicted octanol–water partition coefficient (Wildman–Crippen LogP) is 18.1. The standard InChI is InChI=1S/C8H18.C7H16.2C6H7N.C6H14.C5H13N.C5H12.C4H10.C3H8/c1-3-5-7-8-6-4-2;1-3-5-7-6-4-2;1-6-3-2-4-7-5-6;1-6-4-2-3-5-7-6;1-3-5-6-4-2;1-4-5-6(2)3;1-3-5-4-2;1-3-4-2;1-3-2/h3-8H2,1-2H3;3-7H2,1-2H3;2*2-5H,1H3;3-6H2,1-2H3;4-5H2,1-3H3;3-5H2,1-2H3;3-4H2,1-2H3;3H2,1-2H3. The molecule has 0 unspecified atom stereocenters. The minimum Gasteiger partial charge on any atom is -0.309 e. The van der Waals surface area contributed by atoms with Gasteiger partial charge in [0.05, 0.1) is 0 Å². The van der Waals surface area contributed by atoms with Crippen molar-refractivity contribution >= 4 is 0 Å². The molecule has 3 nitrogen and oxygen atoms in total. The molecular weight excluding hydrogens is 643 g/mol. The number of unbranched alkanes of at least 4 members (excludes halogenated alkanes) is 15. The smallest absolute Gasteiger partial charge is 0.0372 e. The minimum atomic E-state index is 1.07. The van der Waals surface area contributed by atoms with Crippen LogP contribution in [0.25, 0.3) is 0 Å². The van der Waals surface area contributed by atoms with E-state index >= 15 is 0 Å². The fourth-order valence-corrected chi connectivity index (χ4v) is 3.73. The predicted molar refractivity (Wildman–Crippen MR) is 252 cm³/mol. The summed E-state index contributed by atoms with van der Waals surface area (Å²) in [5, 5.41) is 0. The number of nitrogens with zero attached hydrogens (tertiary/aromatic N) is 3. The zero-order valence-electron chi connectivity index (χ0n) is 40.2. The molecule has 0 spiro atoms. The fraction of sp³-hybridized carbons (Fsp3) is 0.800. The summed E-state index contributed by atoms with van der Waals surface area (Å²) in [6, 6.07) is 9.80. The molecule has 0 aliphatic carbocycles. The second kappa shape index (κ2) is 75.2. The van der Waals surface area contributed by atoms with E-state index in [9.17, 15) is 0 Å². The Labute approximate surface area is 339 Å². The molecule has 320 valence electrons. The van der Waals surface area contributed by atoms with E-state index in [1.165, 1.54) is 153 Å². The Kier molecular flexibility index (Phi) is 93.8. The van der Waals surface area contributed by atoms with Crippen LogP contribution in [0.5, 0.6) is 0 Å². The average Bonchev–Trinajstić information content (AvgIpc) is 3.16. The highest BCUT2D eigenvalue weighted by Crippen LogP contribution is 2.03. The van der Waals surface area contributed by atoms with Gasteiger partial charge in [0.1, 0.15) is 0 Å². The van der Waals surface area contributed by atoms with Crippen molar-refractivity contribution in [1.82, 2.24) is 14.9 Å². The maximum atomic E-state index is 3.98. The summed E-state index contributed by atoms with van der Waals surface area (Å²) in [4.78, 5) is 10.0. The van der Waals surface area contributed by atoms with Crippen LogP contribution in [0.2, 0.25) is 0 Å². The summed E-state index contributed by atoms with van der Waals surface area (Å²) in [5.74, 6) is 0. The molecule has 2 rings (SSSR count). The number of pyridine rings is 2. The maximum absolute atomic E-state index is 3.98. The number of aryl methyl sites for hydroxylation is 2. The lowest BCUT2D eigenvalue weighted by atomic mass is 10.1. The first-order chi connectivity index (χ1) is 25.5. The van der Waals surface area contributed by atoms with Crippen molar-refractivity contribution in [2.24, 2.45) is 0 Å². The summed E-state index contributed by atoms with van der Waals surface area (Å²) in [5.41, 5.74) is 2.28. The van der Waals surface area contributed by atoms with Gasteiger partial charge in [0.2, 0.25) is 0 Å². The zero-order chi connectivity index (χ0) is 42.1. The first kappa shape index (κ1) is 66.1. The van der Waals surface area contributed by atoms with Crippen LogP contribution < -0.4 is 0 Å². The van der Waals surface area contributed by atoms with Crippen LogP contribution in [0.4, 0.5) is 0 Å². The Morgan fingerprint density at radius 3 is 0.943 bits per heavy atom. The molecule has 0 bridgehead atoms. The zero-order valence-corrected chi connectivity index (χ0v) is 40.2. The summed E-state index contributed by atoms with van der Waals surface area (Å²) < 4.78 is 0. The number of aromatic nitrogens is 2. The van der Waals surface area contributed by atoms with E-state index in [4.69, 9.17) is 0 Å². The molecule has 0 radical (unpaired) electrons. The number of rotatable bonds is 17. The third kappa shape index (κ3) is 112. The van der Waals surface area contributed by atoms with Gasteiger partial charge in [-0.1, -0.05) is 237 Å². The Balaban J connectivity index is -0.0000000909. The highest BCUT2D eigenvalue weighted by molar-refractivity contribution is 5.04. The van der Waals surface area contributed by atoms with Gasteiger partial charge in [-0.2, -0.15) is 0 Å². The largest absolute Gasteiger partial charge is 0.309 e. The lowest BCUT2D eigenvalue weighted by molar-refractivity contribution is 0.408. The molecule has 2 aromatic rings. The van der Waals surface area contributed by atoms with Gasteiger partial charge in [0.15, 0.2) is 0 Å². The molecule has 0 aliphatic rings. The second-order valence-electron chi connectivity index (χ2n) is 14.0. The molecule has 3 heteroatoms. The van der Waals surface area contributed by atoms with E-state index in [0.29, 0.717) is 0 Å². The first-order valence-corrected chi connectivity index (χ1v) is 22.9. The van der Waals surface area contributed by atoms with Crippen LogP contribution in [0.3, 0.4) is 0 Å². The summed E-state index contributed by atoms with van der Waals surface area (Å²) in [6.45, 7) is 33.9. The van der Waals surface area contributed by atoms with Crippen molar-refractivity contribution in [2.45, 2.75) is 245 Å². The summed E-state index contributed by atoms with van der Waals surface area (Å²) >= 11 is 0. The Morgan fingerprint density at radius 1 is 0.415 bits per heavy atom. The van der Waals surface area contributed by atoms with Crippen LogP contribution in [-0.2, 0) is 0 Å². The third-order valence-electron chi connectivity index (χ3n) is 7.12. The fourth-order valence-electron chi connectivity index (χ4n) is 3.73. The molecule has 0 fully saturated rings. The van der Waals surface area contributed by atoms with E-state index in [2.05, 4.69) is 119 Å². The topological polar surface area (TPSA) is 29.0 Å². The van der Waals surface area contributed by atoms with Gasteiger partial charge >= 0.3 is 0 Å². The van der Waals surface area contributed by atoms with Gasteiger partial charge in [-0.05, 0) is 64.7 Å². The van der Waals surface area contributed by atoms with Crippen LogP contribution in [-0.4, -0.2) is 35.5 Å². The monoisotopic (exact) mass is 748 g/mol. The highest BCUT2D eigenvalue weighted by Gasteiger charge is 1.84. The molecule has 0 aliphatic heterocycles. The van der Waals surface area contributed by atoms with Crippen LogP contribution in [0, 0.1) is 13.8 Å². The van der Waals surface area contributed by atoms with Gasteiger partial charge in [-0.3, -0.25) is 9.97 Å². The maximum Gasteiger partial charge on any atom is 0.0372 e. The highest BCUT2D eigenvalue weighted by atomic mass is 15.0. The van der Waals surface area contributed by atoms with E-state index < -0.39 is 0 Å². The SMILES string of the molecule is CCC.CCCC.CCCCC.CCCCCC.CCCCCCC.CCCCCCCC.CCCN(C)C.Cc1ccccn1.Cc1cccnc1. The lowest BCUT2D eigenvalue weighted by Gasteiger charge is -2.03. The Morgan fingerprint density at radius 2 is 0.792 bits per heavy atom. The van der Waals surface area contributed by atoms with Gasteiger partial charge in [0.25, 0.3) is 0 Å². The second-order valence-corrected chi connectivity index (χ2v) is 14.0. The molecule has 0 amide bonds. The van der Waals surface area contributed by atoms with Gasteiger partial charge in [0, 0.05) is 24.3 Å². The first-order valence-electron chi connectivity index (χ1n) is 22.9. The van der Waals surface area contributed by atoms with Crippen molar-refractivity contribution in [3.8, 4) is 0 Å². The van der Waals surface area contributed by atoms with E-state index in [1.807, 2.05) is 50.4 Å². The lowest BCUT2D eigenvalue weighted by Crippen LogP contribution is -2.11. The van der Waals surface area contributed by atoms with Crippen molar-refractivity contribution in [3.05, 3.63) is 60.2 Å².